The Hall–Kier alpha value is -0.530. The molecule has 2 rings (SSSR count). The van der Waals surface area contributed by atoms with Crippen LogP contribution in [0.3, 0.4) is 0 Å². The van der Waals surface area contributed by atoms with Gasteiger partial charge in [-0.1, -0.05) is 20.8 Å². The van der Waals surface area contributed by atoms with Crippen LogP contribution in [0.2, 0.25) is 0 Å². The van der Waals surface area contributed by atoms with E-state index < -0.39 is 5.97 Å². The summed E-state index contributed by atoms with van der Waals surface area (Å²) >= 11 is 0. The fourth-order valence-corrected chi connectivity index (χ4v) is 3.72. The second kappa shape index (κ2) is 2.28. The van der Waals surface area contributed by atoms with Crippen molar-refractivity contribution in [2.24, 2.45) is 22.7 Å². The minimum Gasteiger partial charge on any atom is -0.481 e. The molecule has 2 aliphatic carbocycles. The van der Waals surface area contributed by atoms with Crippen LogP contribution in [0.15, 0.2) is 0 Å². The van der Waals surface area contributed by atoms with E-state index in [4.69, 9.17) is 5.11 Å². The van der Waals surface area contributed by atoms with Crippen LogP contribution in [-0.2, 0) is 4.79 Å². The van der Waals surface area contributed by atoms with Crippen LogP contribution in [0.4, 0.5) is 0 Å². The maximum absolute atomic E-state index is 11.1. The van der Waals surface area contributed by atoms with Crippen molar-refractivity contribution in [2.75, 3.05) is 0 Å². The lowest BCUT2D eigenvalue weighted by atomic mass is 9.88. The Morgan fingerprint density at radius 3 is 2.23 bits per heavy atom. The van der Waals surface area contributed by atoms with E-state index in [1.807, 2.05) is 0 Å². The summed E-state index contributed by atoms with van der Waals surface area (Å²) in [5.41, 5.74) is 0.174. The second-order valence-corrected chi connectivity index (χ2v) is 5.16. The molecule has 0 amide bonds. The van der Waals surface area contributed by atoms with Crippen molar-refractivity contribution in [3.05, 3.63) is 0 Å². The van der Waals surface area contributed by atoms with Crippen molar-refractivity contribution in [2.45, 2.75) is 40.0 Å². The first-order valence-corrected chi connectivity index (χ1v) is 5.21. The van der Waals surface area contributed by atoms with Crippen LogP contribution in [0.5, 0.6) is 0 Å². The Labute approximate surface area is 79.3 Å². The minimum atomic E-state index is -0.584. The smallest absolute Gasteiger partial charge is 0.307 e. The van der Waals surface area contributed by atoms with E-state index in [0.717, 1.165) is 6.42 Å². The van der Waals surface area contributed by atoms with Gasteiger partial charge in [-0.25, -0.2) is 0 Å². The molecular weight excluding hydrogens is 164 g/mol. The van der Waals surface area contributed by atoms with E-state index in [1.54, 1.807) is 0 Å². The van der Waals surface area contributed by atoms with Crippen molar-refractivity contribution in [3.63, 3.8) is 0 Å². The highest BCUT2D eigenvalue weighted by Gasteiger charge is 2.77. The quantitative estimate of drug-likeness (QED) is 0.728. The minimum absolute atomic E-state index is 0.0365. The molecule has 13 heavy (non-hydrogen) atoms. The average molecular weight is 182 g/mol. The van der Waals surface area contributed by atoms with Crippen molar-refractivity contribution in [1.82, 2.24) is 0 Å². The highest BCUT2D eigenvalue weighted by atomic mass is 16.4. The van der Waals surface area contributed by atoms with E-state index in [0.29, 0.717) is 5.92 Å². The molecule has 2 atom stereocenters. The summed E-state index contributed by atoms with van der Waals surface area (Å²) in [6, 6.07) is 0. The zero-order chi connectivity index (χ0) is 9.85. The van der Waals surface area contributed by atoms with Crippen LogP contribution in [-0.4, -0.2) is 11.1 Å². The number of hydrogen-bond donors (Lipinski definition) is 1. The summed E-state index contributed by atoms with van der Waals surface area (Å²) in [5, 5.41) is 9.13. The van der Waals surface area contributed by atoms with E-state index in [9.17, 15) is 4.79 Å². The van der Waals surface area contributed by atoms with Gasteiger partial charge in [0.25, 0.3) is 0 Å². The third-order valence-corrected chi connectivity index (χ3v) is 4.49. The predicted molar refractivity (Wildman–Crippen MR) is 50.4 cm³/mol. The number of carboxylic acid groups (broad SMARTS) is 1. The first-order valence-electron chi connectivity index (χ1n) is 5.21. The van der Waals surface area contributed by atoms with Crippen molar-refractivity contribution in [3.8, 4) is 0 Å². The molecule has 2 heteroatoms. The second-order valence-electron chi connectivity index (χ2n) is 5.16. The Morgan fingerprint density at radius 1 is 1.46 bits per heavy atom. The van der Waals surface area contributed by atoms with Crippen LogP contribution >= 0.6 is 0 Å². The largest absolute Gasteiger partial charge is 0.481 e. The Morgan fingerprint density at radius 2 is 2.00 bits per heavy atom. The molecular formula is C11H18O2. The van der Waals surface area contributed by atoms with Gasteiger partial charge in [-0.2, -0.15) is 0 Å². The van der Waals surface area contributed by atoms with Crippen molar-refractivity contribution >= 4 is 5.97 Å². The van der Waals surface area contributed by atoms with Gasteiger partial charge in [0.05, 0.1) is 5.92 Å². The summed E-state index contributed by atoms with van der Waals surface area (Å²) < 4.78 is 0. The third-order valence-electron chi connectivity index (χ3n) is 4.49. The topological polar surface area (TPSA) is 37.3 Å². The van der Waals surface area contributed by atoms with E-state index >= 15 is 0 Å². The van der Waals surface area contributed by atoms with Gasteiger partial charge in [0.1, 0.15) is 0 Å². The number of carboxylic acids is 1. The van der Waals surface area contributed by atoms with Crippen molar-refractivity contribution in [1.29, 1.82) is 0 Å². The standard InChI is InChI=1S/C11H18O2/c1-4-11(7-5-6-7)8(9(12)13)10(11,2)3/h7-8H,4-6H2,1-3H3,(H,12,13). The van der Waals surface area contributed by atoms with Gasteiger partial charge in [0.15, 0.2) is 0 Å². The van der Waals surface area contributed by atoms with Gasteiger partial charge in [-0.3, -0.25) is 4.79 Å². The molecule has 0 aromatic rings. The SMILES string of the molecule is CCC1(C2CC2)C(C(=O)O)C1(C)C. The number of aliphatic carboxylic acids is 1. The van der Waals surface area contributed by atoms with Gasteiger partial charge in [-0.15, -0.1) is 0 Å². The fourth-order valence-electron chi connectivity index (χ4n) is 3.72. The van der Waals surface area contributed by atoms with Crippen LogP contribution in [0.25, 0.3) is 0 Å². The molecule has 2 aliphatic rings. The molecule has 2 nitrogen and oxygen atoms in total. The molecule has 2 unspecified atom stereocenters. The summed E-state index contributed by atoms with van der Waals surface area (Å²) in [6.07, 6.45) is 3.53. The van der Waals surface area contributed by atoms with Crippen LogP contribution in [0.1, 0.15) is 40.0 Å². The molecule has 2 saturated carbocycles. The molecule has 0 radical (unpaired) electrons. The lowest BCUT2D eigenvalue weighted by molar-refractivity contribution is -0.140. The molecule has 0 aromatic carbocycles. The molecule has 0 aromatic heterocycles. The summed E-state index contributed by atoms with van der Waals surface area (Å²) in [6.45, 7) is 6.38. The van der Waals surface area contributed by atoms with Crippen LogP contribution < -0.4 is 0 Å². The molecule has 74 valence electrons. The number of hydrogen-bond acceptors (Lipinski definition) is 1. The first-order chi connectivity index (χ1) is 5.98. The number of carbonyl (C=O) groups is 1. The summed E-state index contributed by atoms with van der Waals surface area (Å²) in [4.78, 5) is 11.1. The maximum atomic E-state index is 11.1. The zero-order valence-corrected chi connectivity index (χ0v) is 8.63. The van der Waals surface area contributed by atoms with Gasteiger partial charge in [-0.05, 0) is 36.0 Å². The Balaban J connectivity index is 2.27. The average Bonchev–Trinajstić information content (AvgIpc) is 2.83. The molecule has 1 N–H and O–H groups in total. The monoisotopic (exact) mass is 182 g/mol. The fraction of sp³-hybridized carbons (Fsp3) is 0.909. The molecule has 0 bridgehead atoms. The van der Waals surface area contributed by atoms with Gasteiger partial charge in [0.2, 0.25) is 0 Å². The highest BCUT2D eigenvalue weighted by molar-refractivity contribution is 5.77. The zero-order valence-electron chi connectivity index (χ0n) is 8.63. The normalized spacial score (nSPS) is 41.6. The molecule has 0 heterocycles. The van der Waals surface area contributed by atoms with Crippen LogP contribution in [0, 0.1) is 22.7 Å². The first kappa shape index (κ1) is 9.04. The highest BCUT2D eigenvalue weighted by Crippen LogP contribution is 2.78. The van der Waals surface area contributed by atoms with Gasteiger partial charge >= 0.3 is 5.97 Å². The maximum Gasteiger partial charge on any atom is 0.307 e. The van der Waals surface area contributed by atoms with Crippen molar-refractivity contribution < 1.29 is 9.90 Å². The van der Waals surface area contributed by atoms with E-state index in [-0.39, 0.29) is 16.7 Å². The predicted octanol–water partition coefficient (Wildman–Crippen LogP) is 2.53. The summed E-state index contributed by atoms with van der Waals surface area (Å²) in [5.74, 6) is 0.0323. The molecule has 2 fully saturated rings. The van der Waals surface area contributed by atoms with Gasteiger partial charge in [0, 0.05) is 0 Å². The molecule has 0 spiro atoms. The van der Waals surface area contributed by atoms with E-state index in [2.05, 4.69) is 20.8 Å². The summed E-state index contributed by atoms with van der Waals surface area (Å²) in [7, 11) is 0. The molecule has 0 saturated heterocycles. The van der Waals surface area contributed by atoms with E-state index in [1.165, 1.54) is 12.8 Å². The Kier molecular flexibility index (Phi) is 1.59. The molecule has 0 aliphatic heterocycles. The Bertz CT molecular complexity index is 253. The third kappa shape index (κ3) is 0.866. The van der Waals surface area contributed by atoms with Gasteiger partial charge < -0.3 is 5.11 Å². The lowest BCUT2D eigenvalue weighted by Crippen LogP contribution is -2.12. The number of rotatable bonds is 3. The lowest BCUT2D eigenvalue weighted by Gasteiger charge is -2.16.